The molecule has 0 aromatic rings. The summed E-state index contributed by atoms with van der Waals surface area (Å²) in [5.74, 6) is -1.90. The number of hydrogen-bond donors (Lipinski definition) is 1. The molecule has 0 spiro atoms. The molecule has 0 fully saturated rings. The molecule has 0 saturated carbocycles. The fourth-order valence-electron chi connectivity index (χ4n) is 1.69. The summed E-state index contributed by atoms with van der Waals surface area (Å²) in [6.07, 6.45) is 7.18. The number of carbonyl (C=O) groups excluding carboxylic acids is 3. The van der Waals surface area contributed by atoms with Crippen molar-refractivity contribution in [2.24, 2.45) is 5.92 Å². The molecule has 1 unspecified atom stereocenters. The number of rotatable bonds is 7. The number of allylic oxidation sites excluding steroid dienone is 2. The minimum Gasteiger partial charge on any atom is -0.465 e. The van der Waals surface area contributed by atoms with Gasteiger partial charge < -0.3 is 14.8 Å². The van der Waals surface area contributed by atoms with Gasteiger partial charge >= 0.3 is 12.1 Å². The van der Waals surface area contributed by atoms with Crippen LogP contribution in [0.1, 0.15) is 26.7 Å². The zero-order valence-electron chi connectivity index (χ0n) is 12.4. The second-order valence-electron chi connectivity index (χ2n) is 4.63. The van der Waals surface area contributed by atoms with Gasteiger partial charge in [0.2, 0.25) is 0 Å². The summed E-state index contributed by atoms with van der Waals surface area (Å²) in [5, 5.41) is 2.33. The highest BCUT2D eigenvalue weighted by atomic mass is 16.5. The Hall–Kier alpha value is -2.11. The van der Waals surface area contributed by atoms with Crippen molar-refractivity contribution in [3.8, 4) is 0 Å². The molecule has 6 nitrogen and oxygen atoms in total. The van der Waals surface area contributed by atoms with Gasteiger partial charge in [-0.3, -0.25) is 9.59 Å². The number of esters is 1. The van der Waals surface area contributed by atoms with Crippen molar-refractivity contribution in [2.45, 2.75) is 26.7 Å². The van der Waals surface area contributed by atoms with E-state index in [2.05, 4.69) is 5.32 Å². The SMILES string of the molecule is CCOC(=O)C(C)C(=O)CNC(=O)OCC1=CCCC=C1. The molecular formula is C15H21NO5. The molecule has 0 saturated heterocycles. The average Bonchev–Trinajstić information content (AvgIpc) is 2.51. The molecule has 21 heavy (non-hydrogen) atoms. The van der Waals surface area contributed by atoms with E-state index in [1.54, 1.807) is 6.92 Å². The minimum absolute atomic E-state index is 0.171. The Morgan fingerprint density at radius 2 is 2.05 bits per heavy atom. The maximum Gasteiger partial charge on any atom is 0.407 e. The van der Waals surface area contributed by atoms with Crippen LogP contribution in [0.15, 0.2) is 23.8 Å². The summed E-state index contributed by atoms with van der Waals surface area (Å²) in [6, 6.07) is 0. The van der Waals surface area contributed by atoms with E-state index in [-0.39, 0.29) is 19.8 Å². The van der Waals surface area contributed by atoms with Gasteiger partial charge in [0.1, 0.15) is 12.5 Å². The second kappa shape index (κ2) is 8.94. The van der Waals surface area contributed by atoms with E-state index in [0.717, 1.165) is 18.4 Å². The molecule has 1 aliphatic rings. The highest BCUT2D eigenvalue weighted by molar-refractivity contribution is 6.00. The van der Waals surface area contributed by atoms with Crippen LogP contribution in [0.25, 0.3) is 0 Å². The number of hydrogen-bond acceptors (Lipinski definition) is 5. The van der Waals surface area contributed by atoms with Crippen LogP contribution in [-0.4, -0.2) is 37.6 Å². The van der Waals surface area contributed by atoms with E-state index >= 15 is 0 Å². The van der Waals surface area contributed by atoms with Crippen molar-refractivity contribution < 1.29 is 23.9 Å². The molecule has 1 N–H and O–H groups in total. The number of carbonyl (C=O) groups is 3. The standard InChI is InChI=1S/C15H21NO5/c1-3-20-14(18)11(2)13(17)9-16-15(19)21-10-12-7-5-4-6-8-12/h5,7-8,11H,3-4,6,9-10H2,1-2H3,(H,16,19). The first-order valence-electron chi connectivity index (χ1n) is 7.00. The van der Waals surface area contributed by atoms with Gasteiger partial charge in [-0.05, 0) is 32.3 Å². The Bertz CT molecular complexity index is 453. The Balaban J connectivity index is 2.25. The van der Waals surface area contributed by atoms with Gasteiger partial charge in [0.05, 0.1) is 13.2 Å². The van der Waals surface area contributed by atoms with Crippen LogP contribution in [0.4, 0.5) is 4.79 Å². The number of ether oxygens (including phenoxy) is 2. The molecule has 0 heterocycles. The number of amides is 1. The summed E-state index contributed by atoms with van der Waals surface area (Å²) < 4.78 is 9.72. The molecule has 1 amide bonds. The van der Waals surface area contributed by atoms with Crippen LogP contribution >= 0.6 is 0 Å². The third-order valence-electron chi connectivity index (χ3n) is 2.97. The smallest absolute Gasteiger partial charge is 0.407 e. The molecule has 0 aliphatic heterocycles. The van der Waals surface area contributed by atoms with Crippen LogP contribution < -0.4 is 5.32 Å². The lowest BCUT2D eigenvalue weighted by atomic mass is 10.1. The lowest BCUT2D eigenvalue weighted by molar-refractivity contribution is -0.150. The van der Waals surface area contributed by atoms with Gasteiger partial charge in [-0.25, -0.2) is 4.79 Å². The van der Waals surface area contributed by atoms with Gasteiger partial charge in [0, 0.05) is 0 Å². The van der Waals surface area contributed by atoms with E-state index in [4.69, 9.17) is 9.47 Å². The Kier molecular flexibility index (Phi) is 7.21. The zero-order chi connectivity index (χ0) is 15.7. The Morgan fingerprint density at radius 3 is 2.67 bits per heavy atom. The topological polar surface area (TPSA) is 81.7 Å². The van der Waals surface area contributed by atoms with Gasteiger partial charge in [0.15, 0.2) is 5.78 Å². The van der Waals surface area contributed by atoms with E-state index in [0.29, 0.717) is 0 Å². The first-order valence-corrected chi connectivity index (χ1v) is 7.00. The van der Waals surface area contributed by atoms with Gasteiger partial charge in [-0.1, -0.05) is 18.2 Å². The maximum absolute atomic E-state index is 11.7. The van der Waals surface area contributed by atoms with Crippen molar-refractivity contribution in [1.82, 2.24) is 5.32 Å². The molecule has 0 aromatic heterocycles. The second-order valence-corrected chi connectivity index (χ2v) is 4.63. The highest BCUT2D eigenvalue weighted by Crippen LogP contribution is 2.09. The van der Waals surface area contributed by atoms with Gasteiger partial charge in [0.25, 0.3) is 0 Å². The number of Topliss-reactive ketones (excluding diaryl/α,β-unsaturated/α-hetero) is 1. The number of alkyl carbamates (subject to hydrolysis) is 1. The molecule has 0 aromatic carbocycles. The Morgan fingerprint density at radius 1 is 1.29 bits per heavy atom. The first-order chi connectivity index (χ1) is 10.0. The molecular weight excluding hydrogens is 274 g/mol. The lowest BCUT2D eigenvalue weighted by Crippen LogP contribution is -2.35. The van der Waals surface area contributed by atoms with E-state index < -0.39 is 23.8 Å². The quantitative estimate of drug-likeness (QED) is 0.571. The summed E-state index contributed by atoms with van der Waals surface area (Å²) >= 11 is 0. The Labute approximate surface area is 124 Å². The average molecular weight is 295 g/mol. The largest absolute Gasteiger partial charge is 0.465 e. The molecule has 1 atom stereocenters. The van der Waals surface area contributed by atoms with Crippen LogP contribution in [0.5, 0.6) is 0 Å². The van der Waals surface area contributed by atoms with Crippen molar-refractivity contribution in [2.75, 3.05) is 19.8 Å². The van der Waals surface area contributed by atoms with Crippen LogP contribution in [0, 0.1) is 5.92 Å². The molecule has 6 heteroatoms. The van der Waals surface area contributed by atoms with Crippen molar-refractivity contribution in [3.63, 3.8) is 0 Å². The maximum atomic E-state index is 11.7. The van der Waals surface area contributed by atoms with Crippen molar-refractivity contribution in [1.29, 1.82) is 0 Å². The molecule has 0 bridgehead atoms. The van der Waals surface area contributed by atoms with Gasteiger partial charge in [-0.2, -0.15) is 0 Å². The van der Waals surface area contributed by atoms with Crippen LogP contribution in [-0.2, 0) is 19.1 Å². The van der Waals surface area contributed by atoms with Crippen molar-refractivity contribution >= 4 is 17.8 Å². The van der Waals surface area contributed by atoms with Crippen molar-refractivity contribution in [3.05, 3.63) is 23.8 Å². The highest BCUT2D eigenvalue weighted by Gasteiger charge is 2.22. The normalized spacial score (nSPS) is 14.9. The van der Waals surface area contributed by atoms with Crippen LogP contribution in [0.3, 0.4) is 0 Å². The zero-order valence-corrected chi connectivity index (χ0v) is 12.4. The molecule has 1 rings (SSSR count). The monoisotopic (exact) mass is 295 g/mol. The van der Waals surface area contributed by atoms with E-state index in [9.17, 15) is 14.4 Å². The summed E-state index contributed by atoms with van der Waals surface area (Å²) in [5.41, 5.74) is 0.933. The predicted molar refractivity (Wildman–Crippen MR) is 76.6 cm³/mol. The third kappa shape index (κ3) is 6.25. The predicted octanol–water partition coefficient (Wildman–Crippen LogP) is 1.76. The molecule has 1 aliphatic carbocycles. The fraction of sp³-hybridized carbons (Fsp3) is 0.533. The fourth-order valence-corrected chi connectivity index (χ4v) is 1.69. The minimum atomic E-state index is -0.894. The lowest BCUT2D eigenvalue weighted by Gasteiger charge is -2.11. The van der Waals surface area contributed by atoms with Gasteiger partial charge in [-0.15, -0.1) is 0 Å². The number of ketones is 1. The molecule has 0 radical (unpaired) electrons. The van der Waals surface area contributed by atoms with E-state index in [1.807, 2.05) is 18.2 Å². The summed E-state index contributed by atoms with van der Waals surface area (Å²) in [7, 11) is 0. The summed E-state index contributed by atoms with van der Waals surface area (Å²) in [6.45, 7) is 3.25. The summed E-state index contributed by atoms with van der Waals surface area (Å²) in [4.78, 5) is 34.5. The molecule has 116 valence electrons. The third-order valence-corrected chi connectivity index (χ3v) is 2.97. The number of nitrogens with one attached hydrogen (secondary N) is 1. The van der Waals surface area contributed by atoms with Crippen LogP contribution in [0.2, 0.25) is 0 Å². The van der Waals surface area contributed by atoms with E-state index in [1.165, 1.54) is 6.92 Å². The first kappa shape index (κ1) is 16.9.